The van der Waals surface area contributed by atoms with Gasteiger partial charge in [-0.05, 0) is 57.6 Å². The number of aryl methyl sites for hydroxylation is 4. The highest BCUT2D eigenvalue weighted by Crippen LogP contribution is 2.17. The monoisotopic (exact) mass is 552 g/mol. The highest BCUT2D eigenvalue weighted by atomic mass is 15.0. The zero-order valence-electron chi connectivity index (χ0n) is 23.8. The summed E-state index contributed by atoms with van der Waals surface area (Å²) in [6, 6.07) is 25.7. The van der Waals surface area contributed by atoms with Gasteiger partial charge in [0.2, 0.25) is 0 Å². The molecule has 6 aromatic heterocycles. The topological polar surface area (TPSA) is 41.3 Å². The molecule has 0 bridgehead atoms. The minimum Gasteiger partial charge on any atom is -0.265 e. The molecule has 0 aromatic carbocycles. The molecule has 42 heavy (non-hydrogen) atoms. The number of nitrogens with zero attached hydrogens (tertiary/aromatic N) is 6. The van der Waals surface area contributed by atoms with E-state index in [2.05, 4.69) is 126 Å². The summed E-state index contributed by atoms with van der Waals surface area (Å²) >= 11 is 0. The number of hydrogen-bond acceptors (Lipinski definition) is 2. The van der Waals surface area contributed by atoms with E-state index in [0.29, 0.717) is 0 Å². The average Bonchev–Trinajstić information content (AvgIpc) is 3.07. The summed E-state index contributed by atoms with van der Waals surface area (Å²) in [7, 11) is 0. The van der Waals surface area contributed by atoms with Gasteiger partial charge in [0.05, 0.1) is 12.8 Å². The maximum atomic E-state index is 4.10. The van der Waals surface area contributed by atoms with E-state index in [1.54, 1.807) is 0 Å². The molecule has 0 aliphatic carbocycles. The van der Waals surface area contributed by atoms with Gasteiger partial charge < -0.3 is 0 Å². The van der Waals surface area contributed by atoms with Gasteiger partial charge >= 0.3 is 0 Å². The Morgan fingerprint density at radius 3 is 0.762 bits per heavy atom. The molecule has 6 nitrogen and oxygen atoms in total. The van der Waals surface area contributed by atoms with Crippen molar-refractivity contribution in [2.24, 2.45) is 0 Å². The van der Waals surface area contributed by atoms with Gasteiger partial charge in [0.15, 0.2) is 75.8 Å². The number of pyridine rings is 6. The molecule has 0 atom stereocenters. The predicted molar refractivity (Wildman–Crippen MR) is 161 cm³/mol. The van der Waals surface area contributed by atoms with Crippen LogP contribution < -0.4 is 18.3 Å². The van der Waals surface area contributed by atoms with E-state index in [9.17, 15) is 0 Å². The predicted octanol–water partition coefficient (Wildman–Crippen LogP) is 4.81. The van der Waals surface area contributed by atoms with Crippen molar-refractivity contribution in [3.63, 3.8) is 0 Å². The van der Waals surface area contributed by atoms with Gasteiger partial charge in [0, 0.05) is 73.3 Å². The van der Waals surface area contributed by atoms with Crippen molar-refractivity contribution in [2.45, 2.75) is 39.0 Å². The van der Waals surface area contributed by atoms with E-state index in [4.69, 9.17) is 0 Å². The van der Waals surface area contributed by atoms with Crippen molar-refractivity contribution >= 4 is 0 Å². The zero-order chi connectivity index (χ0) is 28.4. The molecule has 0 amide bonds. The van der Waals surface area contributed by atoms with Gasteiger partial charge in [-0.2, -0.15) is 0 Å². The van der Waals surface area contributed by atoms with Crippen LogP contribution in [0.2, 0.25) is 0 Å². The average molecular weight is 553 g/mol. The summed E-state index contributed by atoms with van der Waals surface area (Å²) in [4.78, 5) is 8.20. The Labute approximate surface area is 247 Å². The molecule has 0 N–H and O–H groups in total. The Balaban J connectivity index is 0.948. The molecule has 0 unspecified atom stereocenters. The number of hydrogen-bond donors (Lipinski definition) is 0. The maximum absolute atomic E-state index is 4.10. The van der Waals surface area contributed by atoms with Crippen molar-refractivity contribution in [2.75, 3.05) is 0 Å². The number of aromatic nitrogens is 6. The molecule has 0 radical (unpaired) electrons. The van der Waals surface area contributed by atoms with Gasteiger partial charge in [-0.1, -0.05) is 0 Å². The van der Waals surface area contributed by atoms with Crippen LogP contribution in [0.4, 0.5) is 0 Å². The molecule has 0 saturated carbocycles. The summed E-state index contributed by atoms with van der Waals surface area (Å²) in [5.41, 5.74) is 7.30. The fourth-order valence-electron chi connectivity index (χ4n) is 5.16. The molecule has 0 fully saturated rings. The molecule has 0 saturated heterocycles. The Morgan fingerprint density at radius 1 is 0.310 bits per heavy atom. The van der Waals surface area contributed by atoms with Crippen LogP contribution in [-0.4, -0.2) is 9.97 Å². The minimum absolute atomic E-state index is 0.985. The molecular weight excluding hydrogens is 516 g/mol. The van der Waals surface area contributed by atoms with Crippen LogP contribution in [0.15, 0.2) is 147 Å². The lowest BCUT2D eigenvalue weighted by Gasteiger charge is -2.02. The second-order valence-corrected chi connectivity index (χ2v) is 10.5. The third-order valence-electron chi connectivity index (χ3n) is 7.59. The van der Waals surface area contributed by atoms with Gasteiger partial charge in [0.25, 0.3) is 0 Å². The molecule has 0 aliphatic rings. The minimum atomic E-state index is 0.985. The van der Waals surface area contributed by atoms with Crippen molar-refractivity contribution in [3.8, 4) is 33.4 Å². The molecule has 6 aromatic rings. The van der Waals surface area contributed by atoms with Crippen LogP contribution >= 0.6 is 0 Å². The van der Waals surface area contributed by atoms with Crippen molar-refractivity contribution in [3.05, 3.63) is 147 Å². The molecule has 206 valence electrons. The van der Waals surface area contributed by atoms with Crippen LogP contribution in [-0.2, 0) is 26.2 Å². The molecule has 0 aliphatic heterocycles. The summed E-state index contributed by atoms with van der Waals surface area (Å²) < 4.78 is 9.02. The van der Waals surface area contributed by atoms with Crippen LogP contribution in [0, 0.1) is 0 Å². The van der Waals surface area contributed by atoms with Crippen LogP contribution in [0.5, 0.6) is 0 Å². The SMILES string of the molecule is c1cc(-c2cc[n+](CCC[n+]3ccc(-c4cc[n+](CCC[n+]5ccc(-c6ccncc6)cc5)cc4)cc3)cc2)ccn1. The largest absolute Gasteiger partial charge is 0.265 e. The highest BCUT2D eigenvalue weighted by Gasteiger charge is 2.10. The third kappa shape index (κ3) is 7.15. The lowest BCUT2D eigenvalue weighted by molar-refractivity contribution is -0.727. The summed E-state index contributed by atoms with van der Waals surface area (Å²) in [6.45, 7) is 3.94. The Hall–Kier alpha value is -5.10. The molecular formula is C36H36N6+4. The van der Waals surface area contributed by atoms with Gasteiger partial charge in [-0.3, -0.25) is 9.97 Å². The van der Waals surface area contributed by atoms with E-state index < -0.39 is 0 Å². The standard InChI is InChI=1S/C36H36N6/c1(19-39-23-7-33(8-24-39)31-3-15-37-16-4-31)21-41-27-11-35(12-28-41)36-13-29-42(30-14-36)22-2-20-40-25-9-34(10-26-40)32-5-17-38-18-6-32/h3-18,23-30H,1-2,19-22H2/q+4. The van der Waals surface area contributed by atoms with E-state index in [0.717, 1.165) is 39.0 Å². The van der Waals surface area contributed by atoms with Gasteiger partial charge in [-0.25, -0.2) is 18.3 Å². The first-order chi connectivity index (χ1) is 20.8. The maximum Gasteiger partial charge on any atom is 0.169 e. The van der Waals surface area contributed by atoms with Crippen molar-refractivity contribution in [1.82, 2.24) is 9.97 Å². The van der Waals surface area contributed by atoms with E-state index >= 15 is 0 Å². The summed E-state index contributed by atoms with van der Waals surface area (Å²) in [6.07, 6.45) is 26.9. The van der Waals surface area contributed by atoms with E-state index in [1.807, 2.05) is 49.1 Å². The Morgan fingerprint density at radius 2 is 0.524 bits per heavy atom. The van der Waals surface area contributed by atoms with Crippen LogP contribution in [0.25, 0.3) is 33.4 Å². The third-order valence-corrected chi connectivity index (χ3v) is 7.59. The van der Waals surface area contributed by atoms with Gasteiger partial charge in [-0.15, -0.1) is 0 Å². The van der Waals surface area contributed by atoms with Crippen molar-refractivity contribution < 1.29 is 18.3 Å². The molecule has 0 spiro atoms. The van der Waals surface area contributed by atoms with Crippen molar-refractivity contribution in [1.29, 1.82) is 0 Å². The first-order valence-corrected chi connectivity index (χ1v) is 14.6. The van der Waals surface area contributed by atoms with Crippen LogP contribution in [0.3, 0.4) is 0 Å². The smallest absolute Gasteiger partial charge is 0.169 e. The quantitative estimate of drug-likeness (QED) is 0.217. The fourth-order valence-corrected chi connectivity index (χ4v) is 5.16. The van der Waals surface area contributed by atoms with E-state index in [1.165, 1.54) is 33.4 Å². The summed E-state index contributed by atoms with van der Waals surface area (Å²) in [5.74, 6) is 0. The highest BCUT2D eigenvalue weighted by molar-refractivity contribution is 5.62. The molecule has 6 rings (SSSR count). The van der Waals surface area contributed by atoms with E-state index in [-0.39, 0.29) is 0 Å². The summed E-state index contributed by atoms with van der Waals surface area (Å²) in [5, 5.41) is 0. The second-order valence-electron chi connectivity index (χ2n) is 10.5. The molecule has 6 heterocycles. The molecule has 6 heteroatoms. The zero-order valence-corrected chi connectivity index (χ0v) is 23.8. The first-order valence-electron chi connectivity index (χ1n) is 14.6. The number of rotatable bonds is 11. The Bertz CT molecular complexity index is 1540. The normalized spacial score (nSPS) is 11.0. The first kappa shape index (κ1) is 27.1. The van der Waals surface area contributed by atoms with Gasteiger partial charge in [0.1, 0.15) is 0 Å². The van der Waals surface area contributed by atoms with Crippen LogP contribution in [0.1, 0.15) is 12.8 Å². The fraction of sp³-hybridized carbons (Fsp3) is 0.167. The Kier molecular flexibility index (Phi) is 8.71. The second kappa shape index (κ2) is 13.5. The lowest BCUT2D eigenvalue weighted by Crippen LogP contribution is -2.38. The lowest BCUT2D eigenvalue weighted by atomic mass is 10.1.